The van der Waals surface area contributed by atoms with Crippen LogP contribution in [0.3, 0.4) is 0 Å². The normalized spacial score (nSPS) is 13.8. The number of hydrogen-bond acceptors (Lipinski definition) is 2. The summed E-state index contributed by atoms with van der Waals surface area (Å²) in [4.78, 5) is 12.0. The standard InChI is InChI=1S/C16H24Cl2N2O/c1-4-5-11(2)20-16(21)12(3)19-9-8-13-6-7-14(17)10-15(13)18/h6-7,10-12,19H,4-5,8-9H2,1-3H3,(H,20,21). The largest absolute Gasteiger partial charge is 0.352 e. The molecule has 118 valence electrons. The Morgan fingerprint density at radius 2 is 2.00 bits per heavy atom. The Hall–Kier alpha value is -0.770. The number of carbonyl (C=O) groups excluding carboxylic acids is 1. The van der Waals surface area contributed by atoms with Crippen LogP contribution >= 0.6 is 23.2 Å². The number of carbonyl (C=O) groups is 1. The van der Waals surface area contributed by atoms with E-state index in [0.29, 0.717) is 16.6 Å². The van der Waals surface area contributed by atoms with E-state index >= 15 is 0 Å². The molecule has 0 aromatic heterocycles. The van der Waals surface area contributed by atoms with Crippen molar-refractivity contribution in [2.45, 2.75) is 52.1 Å². The molecule has 21 heavy (non-hydrogen) atoms. The van der Waals surface area contributed by atoms with E-state index in [0.717, 1.165) is 24.8 Å². The van der Waals surface area contributed by atoms with Crippen LogP contribution in [-0.4, -0.2) is 24.5 Å². The van der Waals surface area contributed by atoms with Crippen LogP contribution < -0.4 is 10.6 Å². The monoisotopic (exact) mass is 330 g/mol. The van der Waals surface area contributed by atoms with Gasteiger partial charge in [-0.1, -0.05) is 42.6 Å². The molecular weight excluding hydrogens is 307 g/mol. The smallest absolute Gasteiger partial charge is 0.237 e. The Labute approximate surface area is 137 Å². The Balaban J connectivity index is 2.35. The Kier molecular flexibility index (Phi) is 8.09. The van der Waals surface area contributed by atoms with Crippen molar-refractivity contribution in [2.75, 3.05) is 6.54 Å². The van der Waals surface area contributed by atoms with Crippen LogP contribution in [0, 0.1) is 0 Å². The molecule has 0 heterocycles. The van der Waals surface area contributed by atoms with Crippen LogP contribution in [0.5, 0.6) is 0 Å². The third-order valence-corrected chi connectivity index (χ3v) is 3.95. The molecule has 3 nitrogen and oxygen atoms in total. The van der Waals surface area contributed by atoms with E-state index < -0.39 is 0 Å². The van der Waals surface area contributed by atoms with Crippen LogP contribution in [0.15, 0.2) is 18.2 Å². The zero-order chi connectivity index (χ0) is 15.8. The first-order valence-electron chi connectivity index (χ1n) is 7.41. The summed E-state index contributed by atoms with van der Waals surface area (Å²) in [7, 11) is 0. The molecule has 2 unspecified atom stereocenters. The summed E-state index contributed by atoms with van der Waals surface area (Å²) in [5, 5.41) is 7.52. The summed E-state index contributed by atoms with van der Waals surface area (Å²) in [6.45, 7) is 6.71. The highest BCUT2D eigenvalue weighted by Gasteiger charge is 2.14. The lowest BCUT2D eigenvalue weighted by Gasteiger charge is -2.18. The van der Waals surface area contributed by atoms with Gasteiger partial charge in [-0.15, -0.1) is 0 Å². The van der Waals surface area contributed by atoms with Gasteiger partial charge in [0, 0.05) is 16.1 Å². The number of halogens is 2. The SMILES string of the molecule is CCCC(C)NC(=O)C(C)NCCc1ccc(Cl)cc1Cl. The first-order valence-corrected chi connectivity index (χ1v) is 8.17. The van der Waals surface area contributed by atoms with Crippen LogP contribution in [0.2, 0.25) is 10.0 Å². The molecule has 2 N–H and O–H groups in total. The zero-order valence-corrected chi connectivity index (χ0v) is 14.4. The molecule has 0 bridgehead atoms. The van der Waals surface area contributed by atoms with E-state index in [1.807, 2.05) is 26.0 Å². The van der Waals surface area contributed by atoms with Crippen molar-refractivity contribution in [2.24, 2.45) is 0 Å². The molecule has 0 fully saturated rings. The number of hydrogen-bond donors (Lipinski definition) is 2. The van der Waals surface area contributed by atoms with Gasteiger partial charge in [-0.2, -0.15) is 0 Å². The molecule has 0 saturated heterocycles. The molecule has 1 rings (SSSR count). The predicted octanol–water partition coefficient (Wildman–Crippen LogP) is 3.82. The van der Waals surface area contributed by atoms with E-state index in [2.05, 4.69) is 17.6 Å². The van der Waals surface area contributed by atoms with Crippen molar-refractivity contribution in [3.8, 4) is 0 Å². The molecule has 5 heteroatoms. The average Bonchev–Trinajstić information content (AvgIpc) is 2.41. The summed E-state index contributed by atoms with van der Waals surface area (Å²) in [6.07, 6.45) is 2.83. The van der Waals surface area contributed by atoms with Crippen LogP contribution in [-0.2, 0) is 11.2 Å². The van der Waals surface area contributed by atoms with Gasteiger partial charge in [0.05, 0.1) is 6.04 Å². The second-order valence-electron chi connectivity index (χ2n) is 5.36. The van der Waals surface area contributed by atoms with Crippen molar-refractivity contribution < 1.29 is 4.79 Å². The molecule has 0 saturated carbocycles. The minimum absolute atomic E-state index is 0.0400. The summed E-state index contributed by atoms with van der Waals surface area (Å²) in [5.41, 5.74) is 1.03. The van der Waals surface area contributed by atoms with Crippen molar-refractivity contribution in [1.82, 2.24) is 10.6 Å². The van der Waals surface area contributed by atoms with E-state index in [9.17, 15) is 4.79 Å². The molecular formula is C16H24Cl2N2O. The molecule has 2 atom stereocenters. The van der Waals surface area contributed by atoms with Crippen molar-refractivity contribution in [3.05, 3.63) is 33.8 Å². The maximum Gasteiger partial charge on any atom is 0.237 e. The maximum atomic E-state index is 12.0. The van der Waals surface area contributed by atoms with Gasteiger partial charge in [0.1, 0.15) is 0 Å². The number of nitrogens with one attached hydrogen (secondary N) is 2. The minimum atomic E-state index is -0.213. The highest BCUT2D eigenvalue weighted by Crippen LogP contribution is 2.21. The van der Waals surface area contributed by atoms with E-state index in [1.54, 1.807) is 6.07 Å². The molecule has 1 amide bonds. The third-order valence-electron chi connectivity index (χ3n) is 3.36. The lowest BCUT2D eigenvalue weighted by molar-refractivity contribution is -0.123. The Morgan fingerprint density at radius 1 is 1.29 bits per heavy atom. The summed E-state index contributed by atoms with van der Waals surface area (Å²) < 4.78 is 0. The highest BCUT2D eigenvalue weighted by molar-refractivity contribution is 6.35. The number of rotatable bonds is 8. The third kappa shape index (κ3) is 6.68. The number of benzene rings is 1. The van der Waals surface area contributed by atoms with Gasteiger partial charge in [-0.3, -0.25) is 4.79 Å². The summed E-state index contributed by atoms with van der Waals surface area (Å²) >= 11 is 12.0. The van der Waals surface area contributed by atoms with Crippen LogP contribution in [0.25, 0.3) is 0 Å². The lowest BCUT2D eigenvalue weighted by Crippen LogP contribution is -2.45. The van der Waals surface area contributed by atoms with E-state index in [1.165, 1.54) is 0 Å². The first-order chi connectivity index (χ1) is 9.93. The minimum Gasteiger partial charge on any atom is -0.352 e. The molecule has 0 aliphatic carbocycles. The van der Waals surface area contributed by atoms with Gasteiger partial charge in [0.2, 0.25) is 5.91 Å². The molecule has 0 aliphatic rings. The van der Waals surface area contributed by atoms with Gasteiger partial charge < -0.3 is 10.6 Å². The molecule has 1 aromatic rings. The Bertz CT molecular complexity index is 466. The average molecular weight is 331 g/mol. The van der Waals surface area contributed by atoms with Crippen LogP contribution in [0.1, 0.15) is 39.2 Å². The van der Waals surface area contributed by atoms with Gasteiger partial charge in [-0.25, -0.2) is 0 Å². The lowest BCUT2D eigenvalue weighted by atomic mass is 10.1. The quantitative estimate of drug-likeness (QED) is 0.760. The van der Waals surface area contributed by atoms with Gasteiger partial charge in [0.25, 0.3) is 0 Å². The van der Waals surface area contributed by atoms with Gasteiger partial charge >= 0.3 is 0 Å². The number of amides is 1. The molecule has 0 radical (unpaired) electrons. The Morgan fingerprint density at radius 3 is 2.62 bits per heavy atom. The van der Waals surface area contributed by atoms with Gasteiger partial charge in [0.15, 0.2) is 0 Å². The predicted molar refractivity (Wildman–Crippen MR) is 90.1 cm³/mol. The van der Waals surface area contributed by atoms with E-state index in [-0.39, 0.29) is 18.0 Å². The van der Waals surface area contributed by atoms with Crippen LogP contribution in [0.4, 0.5) is 0 Å². The fourth-order valence-corrected chi connectivity index (χ4v) is 2.62. The fraction of sp³-hybridized carbons (Fsp3) is 0.562. The molecule has 1 aromatic carbocycles. The second-order valence-corrected chi connectivity index (χ2v) is 6.20. The van der Waals surface area contributed by atoms with Crippen molar-refractivity contribution in [1.29, 1.82) is 0 Å². The van der Waals surface area contributed by atoms with E-state index in [4.69, 9.17) is 23.2 Å². The van der Waals surface area contributed by atoms with Crippen molar-refractivity contribution in [3.63, 3.8) is 0 Å². The van der Waals surface area contributed by atoms with Gasteiger partial charge in [-0.05, 0) is 50.9 Å². The summed E-state index contributed by atoms with van der Waals surface area (Å²) in [6, 6.07) is 5.49. The fourth-order valence-electron chi connectivity index (χ4n) is 2.11. The molecule has 0 aliphatic heterocycles. The summed E-state index contributed by atoms with van der Waals surface area (Å²) in [5.74, 6) is 0.0400. The highest BCUT2D eigenvalue weighted by atomic mass is 35.5. The topological polar surface area (TPSA) is 41.1 Å². The second kappa shape index (κ2) is 9.29. The molecule has 0 spiro atoms. The zero-order valence-electron chi connectivity index (χ0n) is 12.9. The first kappa shape index (κ1) is 18.3. The van der Waals surface area contributed by atoms with Crippen molar-refractivity contribution >= 4 is 29.1 Å². The maximum absolute atomic E-state index is 12.0.